The van der Waals surface area contributed by atoms with Crippen LogP contribution < -0.4 is 10.6 Å². The summed E-state index contributed by atoms with van der Waals surface area (Å²) in [7, 11) is -2.77. The van der Waals surface area contributed by atoms with Crippen LogP contribution in [0.4, 0.5) is 10.2 Å². The van der Waals surface area contributed by atoms with Gasteiger partial charge in [0.2, 0.25) is 5.91 Å². The van der Waals surface area contributed by atoms with E-state index in [9.17, 15) is 18.3 Å². The summed E-state index contributed by atoms with van der Waals surface area (Å²) in [6, 6.07) is 3.65. The summed E-state index contributed by atoms with van der Waals surface area (Å²) < 4.78 is 34.6. The molecule has 1 aromatic carbocycles. The first kappa shape index (κ1) is 23.2. The first-order chi connectivity index (χ1) is 15.2. The van der Waals surface area contributed by atoms with Gasteiger partial charge in [0.25, 0.3) is 0 Å². The smallest absolute Gasteiger partial charge is 0.239 e. The van der Waals surface area contributed by atoms with Crippen LogP contribution in [0.5, 0.6) is 0 Å². The lowest BCUT2D eigenvalue weighted by molar-refractivity contribution is -0.132. The van der Waals surface area contributed by atoms with Gasteiger partial charge in [0.05, 0.1) is 27.8 Å². The summed E-state index contributed by atoms with van der Waals surface area (Å²) in [5.41, 5.74) is 8.25. The van der Waals surface area contributed by atoms with Gasteiger partial charge in [-0.3, -0.25) is 13.9 Å². The lowest BCUT2D eigenvalue weighted by Gasteiger charge is -2.38. The van der Waals surface area contributed by atoms with Crippen LogP contribution in [0.2, 0.25) is 5.02 Å². The molecule has 0 aliphatic carbocycles. The van der Waals surface area contributed by atoms with Gasteiger partial charge in [-0.25, -0.2) is 14.4 Å². The number of rotatable bonds is 5. The average molecular weight is 484 g/mol. The molecule has 1 unspecified atom stereocenters. The van der Waals surface area contributed by atoms with Crippen molar-refractivity contribution in [2.45, 2.75) is 36.8 Å². The molecule has 4 N–H and O–H groups in total. The molecule has 1 fully saturated rings. The van der Waals surface area contributed by atoms with E-state index in [1.165, 1.54) is 18.5 Å². The van der Waals surface area contributed by atoms with Crippen LogP contribution in [0.15, 0.2) is 24.5 Å². The van der Waals surface area contributed by atoms with Crippen LogP contribution >= 0.6 is 22.2 Å². The molecule has 2 aliphatic heterocycles. The minimum atomic E-state index is -2.77. The van der Waals surface area contributed by atoms with Crippen molar-refractivity contribution in [2.75, 3.05) is 31.1 Å². The Bertz CT molecular complexity index is 1020. The third kappa shape index (κ3) is 4.42. The molecule has 1 aromatic heterocycles. The number of carbonyl (C=O) groups excluding carboxylic acids is 1. The summed E-state index contributed by atoms with van der Waals surface area (Å²) in [6.07, 6.45) is 2.28. The summed E-state index contributed by atoms with van der Waals surface area (Å²) in [5, 5.41) is -0.339. The second kappa shape index (κ2) is 9.11. The molecule has 2 atom stereocenters. The van der Waals surface area contributed by atoms with Crippen LogP contribution in [0, 0.1) is 5.82 Å². The van der Waals surface area contributed by atoms with E-state index in [-0.39, 0.29) is 28.4 Å². The number of carbonyl (C=O) groups is 1. The zero-order chi connectivity index (χ0) is 23.0. The first-order valence-electron chi connectivity index (χ1n) is 10.5. The molecule has 4 rings (SSSR count). The number of nitrogens with zero attached hydrogens (tertiary/aromatic N) is 4. The molecule has 0 bridgehead atoms. The molecule has 32 heavy (non-hydrogen) atoms. The molecular weight excluding hydrogens is 457 g/mol. The van der Waals surface area contributed by atoms with Crippen molar-refractivity contribution in [3.63, 3.8) is 0 Å². The number of hydrogen-bond donors (Lipinski definition) is 3. The van der Waals surface area contributed by atoms with E-state index < -0.39 is 22.4 Å². The summed E-state index contributed by atoms with van der Waals surface area (Å²) in [5.74, 6) is 0.160. The fraction of sp³-hybridized carbons (Fsp3) is 0.476. The predicted molar refractivity (Wildman–Crippen MR) is 123 cm³/mol. The monoisotopic (exact) mass is 483 g/mol. The van der Waals surface area contributed by atoms with Gasteiger partial charge in [-0.1, -0.05) is 24.6 Å². The number of amides is 1. The fourth-order valence-corrected chi connectivity index (χ4v) is 6.56. The number of fused-ring (bicyclic) bond motifs is 1. The number of anilines is 1. The third-order valence-corrected chi connectivity index (χ3v) is 8.58. The molecule has 0 radical (unpaired) electrons. The van der Waals surface area contributed by atoms with Gasteiger partial charge < -0.3 is 15.5 Å². The van der Waals surface area contributed by atoms with Gasteiger partial charge in [0.1, 0.15) is 18.0 Å². The zero-order valence-electron chi connectivity index (χ0n) is 17.7. The largest absolute Gasteiger partial charge is 0.353 e. The van der Waals surface area contributed by atoms with Crippen LogP contribution in [0.25, 0.3) is 0 Å². The number of nitrogens with two attached hydrogens (primary N) is 1. The Balaban J connectivity index is 1.41. The Kier molecular flexibility index (Phi) is 6.60. The normalized spacial score (nSPS) is 21.9. The Labute approximate surface area is 192 Å². The third-order valence-electron chi connectivity index (χ3n) is 6.09. The van der Waals surface area contributed by atoms with Gasteiger partial charge >= 0.3 is 0 Å². The predicted octanol–water partition coefficient (Wildman–Crippen LogP) is 3.20. The molecule has 174 valence electrons. The van der Waals surface area contributed by atoms with Gasteiger partial charge in [-0.05, 0) is 30.5 Å². The highest BCUT2D eigenvalue weighted by Gasteiger charge is 2.40. The van der Waals surface area contributed by atoms with Crippen molar-refractivity contribution in [1.82, 2.24) is 14.9 Å². The van der Waals surface area contributed by atoms with E-state index in [1.54, 1.807) is 11.0 Å². The molecule has 3 heterocycles. The molecule has 2 aliphatic rings. The van der Waals surface area contributed by atoms with E-state index in [0.29, 0.717) is 49.7 Å². The quantitative estimate of drug-likeness (QED) is 0.598. The minimum Gasteiger partial charge on any atom is -0.353 e. The van der Waals surface area contributed by atoms with Crippen molar-refractivity contribution in [3.8, 4) is 0 Å². The Hall–Kier alpha value is -1.98. The lowest BCUT2D eigenvalue weighted by atomic mass is 10.0. The molecular formula is C21H27ClFN5O3S. The van der Waals surface area contributed by atoms with Crippen LogP contribution in [-0.4, -0.2) is 62.1 Å². The summed E-state index contributed by atoms with van der Waals surface area (Å²) >= 11 is 5.71. The van der Waals surface area contributed by atoms with Crippen LogP contribution in [-0.2, 0) is 17.0 Å². The Morgan fingerprint density at radius 1 is 1.31 bits per heavy atom. The molecule has 1 amide bonds. The van der Waals surface area contributed by atoms with Crippen LogP contribution in [0.3, 0.4) is 0 Å². The molecule has 2 aromatic rings. The Morgan fingerprint density at radius 3 is 2.69 bits per heavy atom. The second-order valence-electron chi connectivity index (χ2n) is 8.19. The van der Waals surface area contributed by atoms with Crippen LogP contribution in [0.1, 0.15) is 35.4 Å². The standard InChI is InChI=1S/C21H27ClFN5O3S/c1-2-18-19-17(11-32(18,30)31)25-12-26-20(19)27-5-7-28(8-6-27)21(29)16(24)10-13-3-4-14(22)15(23)9-13/h3-4,9,12,16,18,30-31H,2,5-8,10-11,24H2,1H3/t16-,18?/m1/s1. The van der Waals surface area contributed by atoms with E-state index >= 15 is 0 Å². The highest BCUT2D eigenvalue weighted by molar-refractivity contribution is 8.24. The number of piperazine rings is 1. The molecule has 1 saturated heterocycles. The molecule has 11 heteroatoms. The fourth-order valence-electron chi connectivity index (χ4n) is 4.46. The maximum Gasteiger partial charge on any atom is 0.239 e. The number of benzene rings is 1. The maximum atomic E-state index is 13.7. The zero-order valence-corrected chi connectivity index (χ0v) is 19.3. The number of aromatic nitrogens is 2. The molecule has 8 nitrogen and oxygen atoms in total. The highest BCUT2D eigenvalue weighted by Crippen LogP contribution is 2.64. The van der Waals surface area contributed by atoms with Gasteiger partial charge in [0.15, 0.2) is 0 Å². The van der Waals surface area contributed by atoms with Crippen molar-refractivity contribution in [1.29, 1.82) is 0 Å². The summed E-state index contributed by atoms with van der Waals surface area (Å²) in [6.45, 7) is 3.95. The second-order valence-corrected chi connectivity index (χ2v) is 10.9. The van der Waals surface area contributed by atoms with Crippen molar-refractivity contribution in [3.05, 3.63) is 52.2 Å². The minimum absolute atomic E-state index is 0.0347. The van der Waals surface area contributed by atoms with E-state index in [0.717, 1.165) is 5.56 Å². The number of halogens is 2. The van der Waals surface area contributed by atoms with E-state index in [4.69, 9.17) is 17.3 Å². The van der Waals surface area contributed by atoms with Crippen molar-refractivity contribution < 1.29 is 18.3 Å². The molecule has 0 spiro atoms. The lowest BCUT2D eigenvalue weighted by Crippen LogP contribution is -2.54. The maximum absolute atomic E-state index is 13.7. The molecule has 0 saturated carbocycles. The first-order valence-corrected chi connectivity index (χ1v) is 12.7. The van der Waals surface area contributed by atoms with E-state index in [1.807, 2.05) is 6.92 Å². The van der Waals surface area contributed by atoms with Gasteiger partial charge in [-0.2, -0.15) is 10.6 Å². The van der Waals surface area contributed by atoms with Gasteiger partial charge in [0, 0.05) is 31.7 Å². The topological polar surface area (TPSA) is 116 Å². The van der Waals surface area contributed by atoms with Crippen molar-refractivity contribution >= 4 is 33.9 Å². The highest BCUT2D eigenvalue weighted by atomic mass is 35.5. The average Bonchev–Trinajstić information content (AvgIpc) is 3.04. The van der Waals surface area contributed by atoms with Crippen molar-refractivity contribution in [2.24, 2.45) is 5.73 Å². The van der Waals surface area contributed by atoms with E-state index in [2.05, 4.69) is 14.9 Å². The SMILES string of the molecule is CCC1c2c(ncnc2N2CCN(C(=O)[C@H](N)Cc3ccc(Cl)c(F)c3)CC2)CS1(O)O. The number of hydrogen-bond acceptors (Lipinski definition) is 7. The van der Waals surface area contributed by atoms with Gasteiger partial charge in [-0.15, -0.1) is 0 Å². The Morgan fingerprint density at radius 2 is 2.03 bits per heavy atom. The summed E-state index contributed by atoms with van der Waals surface area (Å²) in [4.78, 5) is 25.3.